The summed E-state index contributed by atoms with van der Waals surface area (Å²) in [5, 5.41) is 0. The molecule has 13 heavy (non-hydrogen) atoms. The zero-order chi connectivity index (χ0) is 10.6. The highest BCUT2D eigenvalue weighted by Crippen LogP contribution is 2.30. The Morgan fingerprint density at radius 1 is 1.31 bits per heavy atom. The molecule has 0 aliphatic carbocycles. The molecule has 1 heteroatoms. The van der Waals surface area contributed by atoms with Crippen molar-refractivity contribution in [3.63, 3.8) is 0 Å². The molecule has 0 N–H and O–H groups in total. The number of hydrogen-bond acceptors (Lipinski definition) is 1. The molecule has 0 saturated carbocycles. The van der Waals surface area contributed by atoms with Crippen molar-refractivity contribution in [2.45, 2.75) is 54.4 Å². The normalized spacial score (nSPS) is 16.8. The van der Waals surface area contributed by atoms with Gasteiger partial charge in [-0.1, -0.05) is 41.0 Å². The van der Waals surface area contributed by atoms with E-state index >= 15 is 0 Å². The first-order valence-electron chi connectivity index (χ1n) is 5.28. The van der Waals surface area contributed by atoms with Gasteiger partial charge in [0.25, 0.3) is 0 Å². The molecule has 0 spiro atoms. The average molecular weight is 184 g/mol. The molecule has 0 aromatic heterocycles. The van der Waals surface area contributed by atoms with E-state index in [0.717, 1.165) is 12.8 Å². The maximum Gasteiger partial charge on any atom is 0.133 e. The minimum Gasteiger partial charge on any atom is -0.300 e. The lowest BCUT2D eigenvalue weighted by Crippen LogP contribution is -2.24. The van der Waals surface area contributed by atoms with Crippen molar-refractivity contribution < 1.29 is 4.79 Å². The summed E-state index contributed by atoms with van der Waals surface area (Å²) < 4.78 is 0. The molecule has 0 fully saturated rings. The van der Waals surface area contributed by atoms with Crippen LogP contribution in [-0.2, 0) is 4.79 Å². The summed E-state index contributed by atoms with van der Waals surface area (Å²) in [6.07, 6.45) is 2.11. The molecule has 0 rings (SSSR count). The molecule has 0 saturated heterocycles. The predicted octanol–water partition coefficient (Wildman–Crippen LogP) is 3.67. The minimum absolute atomic E-state index is 0.255. The molecule has 0 amide bonds. The van der Waals surface area contributed by atoms with Crippen molar-refractivity contribution in [1.82, 2.24) is 0 Å². The summed E-state index contributed by atoms with van der Waals surface area (Å²) in [4.78, 5) is 11.4. The van der Waals surface area contributed by atoms with Gasteiger partial charge in [-0.25, -0.2) is 0 Å². The van der Waals surface area contributed by atoms with Crippen LogP contribution in [0.25, 0.3) is 0 Å². The lowest BCUT2D eigenvalue weighted by molar-refractivity contribution is -0.123. The third-order valence-corrected chi connectivity index (χ3v) is 2.69. The largest absolute Gasteiger partial charge is 0.300 e. The summed E-state index contributed by atoms with van der Waals surface area (Å²) in [6.45, 7) is 12.7. The molecular formula is C12H24O. The van der Waals surface area contributed by atoms with Gasteiger partial charge in [-0.3, -0.25) is 4.79 Å². The molecule has 2 unspecified atom stereocenters. The third-order valence-electron chi connectivity index (χ3n) is 2.69. The van der Waals surface area contributed by atoms with Crippen LogP contribution in [0.3, 0.4) is 0 Å². The van der Waals surface area contributed by atoms with Crippen LogP contribution < -0.4 is 0 Å². The van der Waals surface area contributed by atoms with Gasteiger partial charge in [-0.2, -0.15) is 0 Å². The monoisotopic (exact) mass is 184 g/mol. The second kappa shape index (κ2) is 4.78. The fourth-order valence-corrected chi connectivity index (χ4v) is 1.69. The molecule has 0 aliphatic rings. The number of rotatable bonds is 4. The molecule has 0 aromatic rings. The van der Waals surface area contributed by atoms with Crippen molar-refractivity contribution in [3.8, 4) is 0 Å². The standard InChI is InChI=1S/C12H24O/c1-7-9(2)11(10(3)13)8-12(4,5)6/h9,11H,7-8H2,1-6H3. The van der Waals surface area contributed by atoms with Crippen LogP contribution in [0.4, 0.5) is 0 Å². The van der Waals surface area contributed by atoms with E-state index in [0.29, 0.717) is 11.7 Å². The summed E-state index contributed by atoms with van der Waals surface area (Å²) in [5.41, 5.74) is 0.264. The zero-order valence-corrected chi connectivity index (χ0v) is 9.98. The Hall–Kier alpha value is -0.330. The van der Waals surface area contributed by atoms with Gasteiger partial charge in [-0.05, 0) is 24.7 Å². The molecule has 0 radical (unpaired) electrons. The van der Waals surface area contributed by atoms with Crippen LogP contribution in [0.15, 0.2) is 0 Å². The van der Waals surface area contributed by atoms with Gasteiger partial charge in [-0.15, -0.1) is 0 Å². The highest BCUT2D eigenvalue weighted by Gasteiger charge is 2.25. The Morgan fingerprint density at radius 2 is 1.77 bits per heavy atom. The van der Waals surface area contributed by atoms with Crippen molar-refractivity contribution in [1.29, 1.82) is 0 Å². The Balaban J connectivity index is 4.36. The molecule has 2 atom stereocenters. The van der Waals surface area contributed by atoms with E-state index in [1.807, 2.05) is 0 Å². The number of carbonyl (C=O) groups excluding carboxylic acids is 1. The van der Waals surface area contributed by atoms with Crippen LogP contribution in [0.5, 0.6) is 0 Å². The average Bonchev–Trinajstić information content (AvgIpc) is 1.96. The number of carbonyl (C=O) groups is 1. The maximum absolute atomic E-state index is 11.4. The van der Waals surface area contributed by atoms with Gasteiger partial charge in [0.15, 0.2) is 0 Å². The van der Waals surface area contributed by atoms with Gasteiger partial charge in [0.2, 0.25) is 0 Å². The van der Waals surface area contributed by atoms with Crippen LogP contribution in [0.1, 0.15) is 54.4 Å². The van der Waals surface area contributed by atoms with Crippen molar-refractivity contribution in [2.75, 3.05) is 0 Å². The zero-order valence-electron chi connectivity index (χ0n) is 9.98. The quantitative estimate of drug-likeness (QED) is 0.651. The molecule has 0 aliphatic heterocycles. The lowest BCUT2D eigenvalue weighted by atomic mass is 9.76. The number of ketones is 1. The van der Waals surface area contributed by atoms with Crippen molar-refractivity contribution in [3.05, 3.63) is 0 Å². The summed E-state index contributed by atoms with van der Waals surface area (Å²) in [5.74, 6) is 1.13. The SMILES string of the molecule is CCC(C)C(CC(C)(C)C)C(C)=O. The fourth-order valence-electron chi connectivity index (χ4n) is 1.69. The Labute approximate surface area is 82.9 Å². The summed E-state index contributed by atoms with van der Waals surface area (Å²) >= 11 is 0. The fraction of sp³-hybridized carbons (Fsp3) is 0.917. The molecule has 0 bridgehead atoms. The van der Waals surface area contributed by atoms with Gasteiger partial charge in [0.05, 0.1) is 0 Å². The van der Waals surface area contributed by atoms with E-state index < -0.39 is 0 Å². The van der Waals surface area contributed by atoms with Gasteiger partial charge >= 0.3 is 0 Å². The predicted molar refractivity (Wildman–Crippen MR) is 57.7 cm³/mol. The van der Waals surface area contributed by atoms with E-state index in [1.54, 1.807) is 6.92 Å². The Kier molecular flexibility index (Phi) is 4.66. The minimum atomic E-state index is 0.255. The second-order valence-electron chi connectivity index (χ2n) is 5.37. The molecule has 0 heterocycles. The highest BCUT2D eigenvalue weighted by atomic mass is 16.1. The molecule has 78 valence electrons. The summed E-state index contributed by atoms with van der Waals surface area (Å²) in [7, 11) is 0. The van der Waals surface area contributed by atoms with E-state index in [9.17, 15) is 4.79 Å². The van der Waals surface area contributed by atoms with Crippen LogP contribution >= 0.6 is 0 Å². The van der Waals surface area contributed by atoms with Gasteiger partial charge < -0.3 is 0 Å². The molecular weight excluding hydrogens is 160 g/mol. The molecule has 1 nitrogen and oxygen atoms in total. The topological polar surface area (TPSA) is 17.1 Å². The smallest absolute Gasteiger partial charge is 0.133 e. The van der Waals surface area contributed by atoms with Crippen LogP contribution in [0, 0.1) is 17.3 Å². The third kappa shape index (κ3) is 5.07. The highest BCUT2D eigenvalue weighted by molar-refractivity contribution is 5.78. The lowest BCUT2D eigenvalue weighted by Gasteiger charge is -2.28. The second-order valence-corrected chi connectivity index (χ2v) is 5.37. The van der Waals surface area contributed by atoms with E-state index in [4.69, 9.17) is 0 Å². The van der Waals surface area contributed by atoms with Crippen LogP contribution in [-0.4, -0.2) is 5.78 Å². The molecule has 0 aromatic carbocycles. The Morgan fingerprint density at radius 3 is 2.00 bits per heavy atom. The van der Waals surface area contributed by atoms with E-state index in [-0.39, 0.29) is 11.3 Å². The first-order chi connectivity index (χ1) is 5.78. The maximum atomic E-state index is 11.4. The number of hydrogen-bond donors (Lipinski definition) is 0. The first kappa shape index (κ1) is 12.7. The number of Topliss-reactive ketones (excluding diaryl/α,β-unsaturated/α-hetero) is 1. The summed E-state index contributed by atoms with van der Waals surface area (Å²) in [6, 6.07) is 0. The first-order valence-corrected chi connectivity index (χ1v) is 5.28. The van der Waals surface area contributed by atoms with Crippen molar-refractivity contribution >= 4 is 5.78 Å². The van der Waals surface area contributed by atoms with Crippen LogP contribution in [0.2, 0.25) is 0 Å². The van der Waals surface area contributed by atoms with E-state index in [1.165, 1.54) is 0 Å². The van der Waals surface area contributed by atoms with Crippen molar-refractivity contribution in [2.24, 2.45) is 17.3 Å². The Bertz CT molecular complexity index is 164. The van der Waals surface area contributed by atoms with E-state index in [2.05, 4.69) is 34.6 Å². The van der Waals surface area contributed by atoms with Gasteiger partial charge in [0, 0.05) is 5.92 Å². The van der Waals surface area contributed by atoms with Gasteiger partial charge in [0.1, 0.15) is 5.78 Å².